The van der Waals surface area contributed by atoms with Crippen LogP contribution in [0.4, 0.5) is 17.6 Å². The Morgan fingerprint density at radius 2 is 1.70 bits per heavy atom. The lowest BCUT2D eigenvalue weighted by atomic mass is 9.71. The first-order valence-corrected chi connectivity index (χ1v) is 12.9. The van der Waals surface area contributed by atoms with Crippen LogP contribution in [-0.2, 0) is 14.2 Å². The topological polar surface area (TPSA) is 43.0 Å². The van der Waals surface area contributed by atoms with E-state index in [9.17, 15) is 17.6 Å². The van der Waals surface area contributed by atoms with E-state index in [0.29, 0.717) is 44.1 Å². The van der Waals surface area contributed by atoms with Crippen molar-refractivity contribution in [2.75, 3.05) is 39.5 Å². The summed E-state index contributed by atoms with van der Waals surface area (Å²) in [4.78, 5) is 2.28. The van der Waals surface area contributed by atoms with Gasteiger partial charge in [-0.3, -0.25) is 4.90 Å². The number of nitrogens with zero attached hydrogens (tertiary/aromatic N) is 1. The van der Waals surface area contributed by atoms with E-state index in [2.05, 4.69) is 10.2 Å². The van der Waals surface area contributed by atoms with Gasteiger partial charge in [-0.1, -0.05) is 12.8 Å². The Balaban J connectivity index is 1.33. The van der Waals surface area contributed by atoms with Crippen molar-refractivity contribution in [3.05, 3.63) is 0 Å². The normalized spacial score (nSPS) is 46.0. The van der Waals surface area contributed by atoms with Crippen LogP contribution < -0.4 is 5.32 Å². The van der Waals surface area contributed by atoms with Gasteiger partial charge in [-0.05, 0) is 69.7 Å². The van der Waals surface area contributed by atoms with Crippen LogP contribution in [0.1, 0.15) is 64.2 Å². The second-order valence-corrected chi connectivity index (χ2v) is 10.9. The maximum Gasteiger partial charge on any atom is 0.449 e. The standard InChI is InChI=1S/C24H38F4N2O3/c25-23(24(26,27)28)15-29-22(16-33-23)10-3-11-30-12-13-31-20-5-2-1-4-19(20)17-6-8-18(9-7-17)32-14-21(22)30/h17-21,29H,1-16H2/t17?,18?,19?,20?,21?,22-,23+/m1/s1. The molecule has 1 spiro atoms. The van der Waals surface area contributed by atoms with Crippen molar-refractivity contribution in [1.82, 2.24) is 10.2 Å². The van der Waals surface area contributed by atoms with Crippen molar-refractivity contribution < 1.29 is 31.8 Å². The largest absolute Gasteiger partial charge is 0.449 e. The number of alkyl halides is 4. The average Bonchev–Trinajstić information content (AvgIpc) is 2.82. The number of rotatable bonds is 0. The first-order valence-electron chi connectivity index (χ1n) is 12.9. The van der Waals surface area contributed by atoms with E-state index < -0.39 is 24.1 Å². The van der Waals surface area contributed by atoms with Crippen molar-refractivity contribution in [1.29, 1.82) is 0 Å². The Morgan fingerprint density at radius 3 is 2.42 bits per heavy atom. The van der Waals surface area contributed by atoms with Crippen LogP contribution in [-0.4, -0.2) is 80.2 Å². The third-order valence-corrected chi connectivity index (χ3v) is 9.07. The molecule has 6 aliphatic rings. The van der Waals surface area contributed by atoms with Gasteiger partial charge in [0.1, 0.15) is 0 Å². The molecule has 4 heterocycles. The Bertz CT molecular complexity index is 663. The van der Waals surface area contributed by atoms with Gasteiger partial charge in [0, 0.05) is 6.54 Å². The molecule has 6 fully saturated rings. The monoisotopic (exact) mass is 478 g/mol. The first kappa shape index (κ1) is 24.2. The van der Waals surface area contributed by atoms with Gasteiger partial charge in [0.05, 0.1) is 50.2 Å². The van der Waals surface area contributed by atoms with E-state index in [0.717, 1.165) is 45.1 Å². The number of nitrogens with one attached hydrogen (secondary N) is 1. The molecule has 0 aromatic carbocycles. The summed E-state index contributed by atoms with van der Waals surface area (Å²) in [6, 6.07) is -0.173. The molecule has 2 bridgehead atoms. The fourth-order valence-corrected chi connectivity index (χ4v) is 7.10. The number of ether oxygens (including phenoxy) is 3. The molecule has 4 aliphatic heterocycles. The Hall–Kier alpha value is -0.480. The number of hydrogen-bond acceptors (Lipinski definition) is 5. The SMILES string of the molecule is FC(F)(F)[C@]1(F)CN[C@]2(CCCN3CCOC4CCCCC4C4CCC(CC4)OCC32)CO1. The van der Waals surface area contributed by atoms with E-state index >= 15 is 0 Å². The highest BCUT2D eigenvalue weighted by atomic mass is 19.4. The molecule has 5 atom stereocenters. The number of piperidine rings is 1. The van der Waals surface area contributed by atoms with Crippen LogP contribution in [0.5, 0.6) is 0 Å². The first-order chi connectivity index (χ1) is 15.8. The van der Waals surface area contributed by atoms with Gasteiger partial charge in [0.15, 0.2) is 0 Å². The summed E-state index contributed by atoms with van der Waals surface area (Å²) in [6.45, 7) is 1.38. The van der Waals surface area contributed by atoms with Crippen LogP contribution in [0.25, 0.3) is 0 Å². The van der Waals surface area contributed by atoms with Gasteiger partial charge in [0.25, 0.3) is 0 Å². The predicted octanol–water partition coefficient (Wildman–Crippen LogP) is 4.20. The Kier molecular flexibility index (Phi) is 6.99. The Morgan fingerprint density at radius 1 is 0.909 bits per heavy atom. The molecule has 4 saturated heterocycles. The highest BCUT2D eigenvalue weighted by Crippen LogP contribution is 2.43. The molecule has 6 rings (SSSR count). The minimum absolute atomic E-state index is 0.173. The summed E-state index contributed by atoms with van der Waals surface area (Å²) in [5, 5.41) is 2.96. The average molecular weight is 479 g/mol. The van der Waals surface area contributed by atoms with Crippen LogP contribution in [0.2, 0.25) is 0 Å². The molecule has 9 heteroatoms. The summed E-state index contributed by atoms with van der Waals surface area (Å²) in [6.07, 6.45) is 6.16. The molecule has 0 amide bonds. The molecule has 3 unspecified atom stereocenters. The van der Waals surface area contributed by atoms with Crippen molar-refractivity contribution >= 4 is 0 Å². The van der Waals surface area contributed by atoms with Gasteiger partial charge >= 0.3 is 12.0 Å². The number of hydrogen-bond donors (Lipinski definition) is 1. The number of halogens is 4. The summed E-state index contributed by atoms with van der Waals surface area (Å²) < 4.78 is 71.9. The van der Waals surface area contributed by atoms with E-state index in [4.69, 9.17) is 14.2 Å². The third kappa shape index (κ3) is 4.82. The van der Waals surface area contributed by atoms with Crippen molar-refractivity contribution in [2.45, 2.75) is 100 Å². The third-order valence-electron chi connectivity index (χ3n) is 9.07. The van der Waals surface area contributed by atoms with E-state index in [-0.39, 0.29) is 18.8 Å². The number of morpholine rings is 1. The zero-order valence-corrected chi connectivity index (χ0v) is 19.4. The minimum atomic E-state index is -5.06. The molecule has 190 valence electrons. The zero-order valence-electron chi connectivity index (χ0n) is 19.4. The van der Waals surface area contributed by atoms with Gasteiger partial charge in [-0.15, -0.1) is 0 Å². The van der Waals surface area contributed by atoms with Crippen molar-refractivity contribution in [3.8, 4) is 0 Å². The van der Waals surface area contributed by atoms with E-state index in [1.54, 1.807) is 0 Å². The van der Waals surface area contributed by atoms with E-state index in [1.807, 2.05) is 0 Å². The molecule has 5 nitrogen and oxygen atoms in total. The fraction of sp³-hybridized carbons (Fsp3) is 1.00. The van der Waals surface area contributed by atoms with Crippen LogP contribution in [0.15, 0.2) is 0 Å². The molecule has 0 aromatic rings. The molecule has 0 aromatic heterocycles. The smallest absolute Gasteiger partial charge is 0.377 e. The highest BCUT2D eigenvalue weighted by Gasteiger charge is 2.62. The maximum atomic E-state index is 14.5. The fourth-order valence-electron chi connectivity index (χ4n) is 7.10. The predicted molar refractivity (Wildman–Crippen MR) is 115 cm³/mol. The summed E-state index contributed by atoms with van der Waals surface area (Å²) in [7, 11) is 0. The van der Waals surface area contributed by atoms with Gasteiger partial charge < -0.3 is 19.5 Å². The summed E-state index contributed by atoms with van der Waals surface area (Å²) in [5.41, 5.74) is -0.746. The zero-order chi connectivity index (χ0) is 23.1. The molecule has 2 saturated carbocycles. The quantitative estimate of drug-likeness (QED) is 0.529. The van der Waals surface area contributed by atoms with Gasteiger partial charge in [0.2, 0.25) is 0 Å². The lowest BCUT2D eigenvalue weighted by Crippen LogP contribution is -2.74. The van der Waals surface area contributed by atoms with Crippen molar-refractivity contribution in [3.63, 3.8) is 0 Å². The molecule has 1 N–H and O–H groups in total. The van der Waals surface area contributed by atoms with Crippen LogP contribution in [0, 0.1) is 11.8 Å². The molecular weight excluding hydrogens is 440 g/mol. The lowest BCUT2D eigenvalue weighted by Gasteiger charge is -2.54. The van der Waals surface area contributed by atoms with E-state index in [1.165, 1.54) is 19.3 Å². The molecular formula is C24H38F4N2O3. The summed E-state index contributed by atoms with van der Waals surface area (Å²) >= 11 is 0. The second kappa shape index (κ2) is 9.52. The minimum Gasteiger partial charge on any atom is -0.377 e. The van der Waals surface area contributed by atoms with Crippen LogP contribution in [0.3, 0.4) is 0 Å². The lowest BCUT2D eigenvalue weighted by molar-refractivity contribution is -0.349. The highest BCUT2D eigenvalue weighted by molar-refractivity contribution is 5.07. The van der Waals surface area contributed by atoms with Gasteiger partial charge in [-0.25, -0.2) is 4.39 Å². The van der Waals surface area contributed by atoms with Crippen molar-refractivity contribution in [2.24, 2.45) is 11.8 Å². The Labute approximate surface area is 193 Å². The second-order valence-electron chi connectivity index (χ2n) is 10.9. The maximum absolute atomic E-state index is 14.5. The number of fused-ring (bicyclic) bond motifs is 5. The molecule has 33 heavy (non-hydrogen) atoms. The summed E-state index contributed by atoms with van der Waals surface area (Å²) in [5.74, 6) is -2.29. The molecule has 0 radical (unpaired) electrons. The van der Waals surface area contributed by atoms with Crippen LogP contribution >= 0.6 is 0 Å². The van der Waals surface area contributed by atoms with Gasteiger partial charge in [-0.2, -0.15) is 13.2 Å². The molecule has 2 aliphatic carbocycles.